The number of nitrogens with one attached hydrogen (secondary N) is 1. The summed E-state index contributed by atoms with van der Waals surface area (Å²) >= 11 is 0. The number of ether oxygens (including phenoxy) is 1. The first-order chi connectivity index (χ1) is 9.90. The summed E-state index contributed by atoms with van der Waals surface area (Å²) in [7, 11) is 0. The monoisotopic (exact) mass is 263 g/mol. The zero-order valence-corrected chi connectivity index (χ0v) is 10.8. The van der Waals surface area contributed by atoms with E-state index < -0.39 is 0 Å². The van der Waals surface area contributed by atoms with Crippen molar-refractivity contribution in [2.45, 2.75) is 6.10 Å². The molecule has 1 N–H and O–H groups in total. The number of hydrogen-bond donors (Lipinski definition) is 1. The van der Waals surface area contributed by atoms with Gasteiger partial charge in [0, 0.05) is 11.6 Å². The van der Waals surface area contributed by atoms with Gasteiger partial charge >= 0.3 is 0 Å². The molecule has 0 spiro atoms. The topological polar surface area (TPSA) is 47.0 Å². The summed E-state index contributed by atoms with van der Waals surface area (Å²) in [5, 5.41) is 4.40. The van der Waals surface area contributed by atoms with Crippen molar-refractivity contribution in [1.29, 1.82) is 0 Å². The Bertz CT molecular complexity index is 772. The molecule has 0 amide bonds. The first-order valence-electron chi connectivity index (χ1n) is 6.61. The molecule has 2 aromatic carbocycles. The average molecular weight is 263 g/mol. The van der Waals surface area contributed by atoms with Crippen LogP contribution in [0.2, 0.25) is 0 Å². The third-order valence-electron chi connectivity index (χ3n) is 3.43. The molecule has 1 aliphatic rings. The predicted molar refractivity (Wildman–Crippen MR) is 77.8 cm³/mol. The molecular weight excluding hydrogens is 250 g/mol. The minimum absolute atomic E-state index is 0.158. The Morgan fingerprint density at radius 3 is 2.90 bits per heavy atom. The van der Waals surface area contributed by atoms with Crippen LogP contribution in [0, 0.1) is 0 Å². The van der Waals surface area contributed by atoms with E-state index in [2.05, 4.69) is 15.3 Å². The standard InChI is InChI=1S/C16H13N3O/c1-2-6-12-11(5-1)9-18-16(19-12)15-10-17-13-7-3-4-8-14(13)20-15/h1-9,15,17H,10H2. The second-order valence-electron chi connectivity index (χ2n) is 4.77. The van der Waals surface area contributed by atoms with Gasteiger partial charge in [-0.05, 0) is 18.2 Å². The molecule has 2 heterocycles. The summed E-state index contributed by atoms with van der Waals surface area (Å²) in [5.74, 6) is 1.56. The SMILES string of the molecule is c1ccc2c(c1)NCC(c1ncc3ccccc3n1)O2. The van der Waals surface area contributed by atoms with Crippen LogP contribution in [0.15, 0.2) is 54.7 Å². The van der Waals surface area contributed by atoms with E-state index in [1.54, 1.807) is 0 Å². The van der Waals surface area contributed by atoms with E-state index in [0.29, 0.717) is 12.4 Å². The van der Waals surface area contributed by atoms with Crippen LogP contribution in [0.25, 0.3) is 10.9 Å². The maximum atomic E-state index is 5.98. The van der Waals surface area contributed by atoms with Gasteiger partial charge in [0.1, 0.15) is 5.75 Å². The molecule has 4 heteroatoms. The summed E-state index contributed by atoms with van der Waals surface area (Å²) < 4.78 is 5.98. The van der Waals surface area contributed by atoms with Gasteiger partial charge in [-0.25, -0.2) is 9.97 Å². The Hall–Kier alpha value is -2.62. The molecule has 0 saturated heterocycles. The molecule has 1 unspecified atom stereocenters. The number of benzene rings is 2. The lowest BCUT2D eigenvalue weighted by Gasteiger charge is -2.26. The second kappa shape index (κ2) is 4.49. The van der Waals surface area contributed by atoms with Crippen LogP contribution < -0.4 is 10.1 Å². The highest BCUT2D eigenvalue weighted by atomic mass is 16.5. The molecule has 98 valence electrons. The van der Waals surface area contributed by atoms with E-state index in [4.69, 9.17) is 4.74 Å². The molecule has 1 aromatic heterocycles. The van der Waals surface area contributed by atoms with Gasteiger partial charge in [-0.2, -0.15) is 0 Å². The fourth-order valence-electron chi connectivity index (χ4n) is 2.40. The molecule has 0 fully saturated rings. The van der Waals surface area contributed by atoms with Crippen LogP contribution in [0.4, 0.5) is 5.69 Å². The number of hydrogen-bond acceptors (Lipinski definition) is 4. The average Bonchev–Trinajstić information content (AvgIpc) is 2.54. The molecule has 3 aromatic rings. The van der Waals surface area contributed by atoms with Crippen LogP contribution in [0.5, 0.6) is 5.75 Å². The van der Waals surface area contributed by atoms with Crippen molar-refractivity contribution in [3.05, 3.63) is 60.6 Å². The maximum Gasteiger partial charge on any atom is 0.175 e. The summed E-state index contributed by atoms with van der Waals surface area (Å²) in [6.07, 6.45) is 1.69. The third-order valence-corrected chi connectivity index (χ3v) is 3.43. The van der Waals surface area contributed by atoms with Crippen molar-refractivity contribution in [3.63, 3.8) is 0 Å². The summed E-state index contributed by atoms with van der Waals surface area (Å²) in [6.45, 7) is 0.676. The van der Waals surface area contributed by atoms with Gasteiger partial charge < -0.3 is 10.1 Å². The number of rotatable bonds is 1. The molecule has 1 aliphatic heterocycles. The summed E-state index contributed by atoms with van der Waals surface area (Å²) in [4.78, 5) is 9.02. The highest BCUT2D eigenvalue weighted by molar-refractivity contribution is 5.77. The molecule has 4 nitrogen and oxygen atoms in total. The normalized spacial score (nSPS) is 17.1. The van der Waals surface area contributed by atoms with Gasteiger partial charge in [-0.3, -0.25) is 0 Å². The highest BCUT2D eigenvalue weighted by Gasteiger charge is 2.22. The van der Waals surface area contributed by atoms with Gasteiger partial charge in [-0.15, -0.1) is 0 Å². The molecule has 1 atom stereocenters. The van der Waals surface area contributed by atoms with Crippen molar-refractivity contribution >= 4 is 16.6 Å². The van der Waals surface area contributed by atoms with Crippen molar-refractivity contribution < 1.29 is 4.74 Å². The molecule has 0 radical (unpaired) electrons. The quantitative estimate of drug-likeness (QED) is 0.732. The molecule has 0 aliphatic carbocycles. The number of para-hydroxylation sites is 3. The van der Waals surface area contributed by atoms with E-state index in [0.717, 1.165) is 22.3 Å². The lowest BCUT2D eigenvalue weighted by molar-refractivity contribution is 0.201. The fraction of sp³-hybridized carbons (Fsp3) is 0.125. The molecule has 4 rings (SSSR count). The Labute approximate surface area is 116 Å². The number of aromatic nitrogens is 2. The molecule has 0 saturated carbocycles. The Kier molecular flexibility index (Phi) is 2.52. The largest absolute Gasteiger partial charge is 0.478 e. The Morgan fingerprint density at radius 2 is 1.90 bits per heavy atom. The van der Waals surface area contributed by atoms with Crippen LogP contribution in [0.3, 0.4) is 0 Å². The van der Waals surface area contributed by atoms with Crippen LogP contribution in [-0.4, -0.2) is 16.5 Å². The van der Waals surface area contributed by atoms with E-state index in [-0.39, 0.29) is 6.10 Å². The lowest BCUT2D eigenvalue weighted by atomic mass is 10.2. The smallest absolute Gasteiger partial charge is 0.175 e. The van der Waals surface area contributed by atoms with Crippen LogP contribution >= 0.6 is 0 Å². The zero-order valence-electron chi connectivity index (χ0n) is 10.8. The zero-order chi connectivity index (χ0) is 13.4. The minimum atomic E-state index is -0.158. The van der Waals surface area contributed by atoms with Crippen LogP contribution in [-0.2, 0) is 0 Å². The first-order valence-corrected chi connectivity index (χ1v) is 6.61. The lowest BCUT2D eigenvalue weighted by Crippen LogP contribution is -2.25. The number of nitrogens with zero attached hydrogens (tertiary/aromatic N) is 2. The number of anilines is 1. The first kappa shape index (κ1) is 11.2. The molecule has 20 heavy (non-hydrogen) atoms. The summed E-state index contributed by atoms with van der Waals surface area (Å²) in [6, 6.07) is 15.9. The van der Waals surface area contributed by atoms with E-state index in [1.165, 1.54) is 0 Å². The van der Waals surface area contributed by atoms with E-state index in [9.17, 15) is 0 Å². The molecular formula is C16H13N3O. The van der Waals surface area contributed by atoms with Gasteiger partial charge in [0.15, 0.2) is 11.9 Å². The van der Waals surface area contributed by atoms with Crippen molar-refractivity contribution in [2.24, 2.45) is 0 Å². The van der Waals surface area contributed by atoms with E-state index >= 15 is 0 Å². The Balaban J connectivity index is 1.70. The third kappa shape index (κ3) is 1.86. The highest BCUT2D eigenvalue weighted by Crippen LogP contribution is 2.32. The minimum Gasteiger partial charge on any atom is -0.478 e. The van der Waals surface area contributed by atoms with Gasteiger partial charge in [0.25, 0.3) is 0 Å². The maximum absolute atomic E-state index is 5.98. The number of fused-ring (bicyclic) bond motifs is 2. The van der Waals surface area contributed by atoms with E-state index in [1.807, 2.05) is 54.7 Å². The van der Waals surface area contributed by atoms with Gasteiger partial charge in [-0.1, -0.05) is 30.3 Å². The van der Waals surface area contributed by atoms with Gasteiger partial charge in [0.2, 0.25) is 0 Å². The van der Waals surface area contributed by atoms with Crippen molar-refractivity contribution in [3.8, 4) is 5.75 Å². The van der Waals surface area contributed by atoms with Crippen molar-refractivity contribution in [1.82, 2.24) is 9.97 Å². The molecule has 0 bridgehead atoms. The Morgan fingerprint density at radius 1 is 1.05 bits per heavy atom. The van der Waals surface area contributed by atoms with Gasteiger partial charge in [0.05, 0.1) is 17.7 Å². The fourth-order valence-corrected chi connectivity index (χ4v) is 2.40. The van der Waals surface area contributed by atoms with Crippen molar-refractivity contribution in [2.75, 3.05) is 11.9 Å². The second-order valence-corrected chi connectivity index (χ2v) is 4.77. The van der Waals surface area contributed by atoms with Crippen LogP contribution in [0.1, 0.15) is 11.9 Å². The predicted octanol–water partition coefficient (Wildman–Crippen LogP) is 3.18. The summed E-state index contributed by atoms with van der Waals surface area (Å²) in [5.41, 5.74) is 1.96.